The van der Waals surface area contributed by atoms with Gasteiger partial charge in [0.2, 0.25) is 11.7 Å². The number of H-pyrrole nitrogens is 1. The molecule has 10 nitrogen and oxygen atoms in total. The van der Waals surface area contributed by atoms with Gasteiger partial charge in [-0.3, -0.25) is 14.6 Å². The third-order valence-corrected chi connectivity index (χ3v) is 5.01. The standard InChI is InChI=1S/C21H20N6O4/c1-11(2)13-10-19(28)24-21(22-13)27-18(9-14(25-27)12-5-6-12)23-20(29)15-8-17(31-26-15)16-4-3-7-30-16/h3-4,7-12H,5-6H2,1-2H3,(H,23,29)(H,22,24,28). The molecule has 31 heavy (non-hydrogen) atoms. The summed E-state index contributed by atoms with van der Waals surface area (Å²) >= 11 is 0. The molecule has 1 aliphatic carbocycles. The Labute approximate surface area is 176 Å². The van der Waals surface area contributed by atoms with Crippen molar-refractivity contribution in [2.45, 2.75) is 38.5 Å². The Morgan fingerprint density at radius 3 is 2.81 bits per heavy atom. The molecule has 4 heterocycles. The lowest BCUT2D eigenvalue weighted by Crippen LogP contribution is -2.19. The van der Waals surface area contributed by atoms with Crippen molar-refractivity contribution < 1.29 is 13.7 Å². The number of anilines is 1. The molecule has 0 aromatic carbocycles. The lowest BCUT2D eigenvalue weighted by molar-refractivity contribution is 0.101. The second-order valence-corrected chi connectivity index (χ2v) is 7.80. The Balaban J connectivity index is 1.48. The van der Waals surface area contributed by atoms with Gasteiger partial charge in [0.25, 0.3) is 11.5 Å². The van der Waals surface area contributed by atoms with Gasteiger partial charge in [-0.05, 0) is 30.9 Å². The molecule has 2 N–H and O–H groups in total. The number of rotatable bonds is 6. The normalized spacial score (nSPS) is 13.6. The van der Waals surface area contributed by atoms with Crippen LogP contribution in [0.3, 0.4) is 0 Å². The van der Waals surface area contributed by atoms with Crippen LogP contribution in [0.25, 0.3) is 17.5 Å². The maximum absolute atomic E-state index is 12.8. The number of carbonyl (C=O) groups excluding carboxylic acids is 1. The highest BCUT2D eigenvalue weighted by molar-refractivity contribution is 6.02. The van der Waals surface area contributed by atoms with Gasteiger partial charge >= 0.3 is 0 Å². The highest BCUT2D eigenvalue weighted by Crippen LogP contribution is 2.40. The van der Waals surface area contributed by atoms with Crippen molar-refractivity contribution in [3.05, 3.63) is 64.0 Å². The molecule has 4 aromatic heterocycles. The Bertz CT molecular complexity index is 1290. The molecule has 0 unspecified atom stereocenters. The van der Waals surface area contributed by atoms with Crippen molar-refractivity contribution in [2.24, 2.45) is 0 Å². The lowest BCUT2D eigenvalue weighted by Gasteiger charge is -2.09. The fourth-order valence-electron chi connectivity index (χ4n) is 3.19. The van der Waals surface area contributed by atoms with E-state index in [-0.39, 0.29) is 23.1 Å². The van der Waals surface area contributed by atoms with Crippen LogP contribution >= 0.6 is 0 Å². The Morgan fingerprint density at radius 1 is 1.26 bits per heavy atom. The first-order valence-electron chi connectivity index (χ1n) is 10.0. The quantitative estimate of drug-likeness (QED) is 0.488. The Kier molecular flexibility index (Phi) is 4.54. The molecular formula is C21H20N6O4. The number of nitrogens with one attached hydrogen (secondary N) is 2. The molecule has 0 bridgehead atoms. The van der Waals surface area contributed by atoms with Gasteiger partial charge in [0.15, 0.2) is 11.5 Å². The Morgan fingerprint density at radius 2 is 2.10 bits per heavy atom. The average Bonchev–Trinajstić information content (AvgIpc) is 3.14. The smallest absolute Gasteiger partial charge is 0.279 e. The largest absolute Gasteiger partial charge is 0.461 e. The highest BCUT2D eigenvalue weighted by atomic mass is 16.5. The van der Waals surface area contributed by atoms with Crippen molar-refractivity contribution in [1.82, 2.24) is 24.9 Å². The molecular weight excluding hydrogens is 400 g/mol. The van der Waals surface area contributed by atoms with Crippen LogP contribution in [0.1, 0.15) is 60.4 Å². The summed E-state index contributed by atoms with van der Waals surface area (Å²) in [6.07, 6.45) is 3.58. The zero-order valence-corrected chi connectivity index (χ0v) is 17.0. The maximum Gasteiger partial charge on any atom is 0.279 e. The fourth-order valence-corrected chi connectivity index (χ4v) is 3.19. The van der Waals surface area contributed by atoms with E-state index in [0.717, 1.165) is 18.5 Å². The monoisotopic (exact) mass is 420 g/mol. The van der Waals surface area contributed by atoms with Crippen LogP contribution in [0.4, 0.5) is 5.82 Å². The number of aromatic amines is 1. The van der Waals surface area contributed by atoms with E-state index in [2.05, 4.69) is 25.5 Å². The molecule has 0 saturated heterocycles. The van der Waals surface area contributed by atoms with Gasteiger partial charge in [0.1, 0.15) is 5.82 Å². The number of carbonyl (C=O) groups is 1. The van der Waals surface area contributed by atoms with E-state index in [4.69, 9.17) is 8.94 Å². The second kappa shape index (κ2) is 7.38. The number of hydrogen-bond donors (Lipinski definition) is 2. The molecule has 0 spiro atoms. The number of furan rings is 1. The molecule has 10 heteroatoms. The minimum absolute atomic E-state index is 0.0627. The topological polar surface area (TPSA) is 132 Å². The molecule has 0 radical (unpaired) electrons. The summed E-state index contributed by atoms with van der Waals surface area (Å²) in [4.78, 5) is 32.2. The average molecular weight is 420 g/mol. The van der Waals surface area contributed by atoms with Crippen LogP contribution in [0.2, 0.25) is 0 Å². The van der Waals surface area contributed by atoms with E-state index in [0.29, 0.717) is 29.0 Å². The zero-order chi connectivity index (χ0) is 21.5. The van der Waals surface area contributed by atoms with Crippen molar-refractivity contribution in [3.8, 4) is 17.5 Å². The number of hydrogen-bond acceptors (Lipinski definition) is 7. The predicted molar refractivity (Wildman–Crippen MR) is 110 cm³/mol. The number of amides is 1. The SMILES string of the molecule is CC(C)c1cc(=O)[nH]c(-n2nc(C3CC3)cc2NC(=O)c2cc(-c3ccco3)on2)n1. The van der Waals surface area contributed by atoms with Crippen LogP contribution < -0.4 is 10.9 Å². The van der Waals surface area contributed by atoms with Crippen LogP contribution in [-0.4, -0.2) is 30.8 Å². The van der Waals surface area contributed by atoms with Crippen molar-refractivity contribution in [2.75, 3.05) is 5.32 Å². The molecule has 1 fully saturated rings. The first-order valence-corrected chi connectivity index (χ1v) is 10.0. The summed E-state index contributed by atoms with van der Waals surface area (Å²) in [6, 6.07) is 8.18. The van der Waals surface area contributed by atoms with E-state index < -0.39 is 5.91 Å². The predicted octanol–water partition coefficient (Wildman–Crippen LogP) is 3.46. The van der Waals surface area contributed by atoms with E-state index in [1.807, 2.05) is 13.8 Å². The fraction of sp³-hybridized carbons (Fsp3) is 0.286. The van der Waals surface area contributed by atoms with Crippen LogP contribution in [0, 0.1) is 0 Å². The second-order valence-electron chi connectivity index (χ2n) is 7.80. The first kappa shape index (κ1) is 19.0. The van der Waals surface area contributed by atoms with Crippen molar-refractivity contribution >= 4 is 11.7 Å². The van der Waals surface area contributed by atoms with Gasteiger partial charge in [-0.25, -0.2) is 4.98 Å². The van der Waals surface area contributed by atoms with Crippen molar-refractivity contribution in [3.63, 3.8) is 0 Å². The third kappa shape index (κ3) is 3.79. The van der Waals surface area contributed by atoms with Crippen molar-refractivity contribution in [1.29, 1.82) is 0 Å². The van der Waals surface area contributed by atoms with E-state index in [1.54, 1.807) is 18.2 Å². The summed E-state index contributed by atoms with van der Waals surface area (Å²) in [6.45, 7) is 3.91. The first-order chi connectivity index (χ1) is 15.0. The van der Waals surface area contributed by atoms with Gasteiger partial charge in [-0.2, -0.15) is 9.78 Å². The van der Waals surface area contributed by atoms with E-state index in [9.17, 15) is 9.59 Å². The maximum atomic E-state index is 12.8. The Hall–Kier alpha value is -3.95. The number of nitrogens with zero attached hydrogens (tertiary/aromatic N) is 4. The lowest BCUT2D eigenvalue weighted by atomic mass is 10.1. The highest BCUT2D eigenvalue weighted by Gasteiger charge is 2.29. The summed E-state index contributed by atoms with van der Waals surface area (Å²) in [5, 5.41) is 11.2. The van der Waals surface area contributed by atoms with Gasteiger partial charge in [-0.15, -0.1) is 0 Å². The molecule has 0 aliphatic heterocycles. The number of aromatic nitrogens is 5. The van der Waals surface area contributed by atoms with Gasteiger partial charge in [0, 0.05) is 24.1 Å². The van der Waals surface area contributed by atoms with E-state index in [1.165, 1.54) is 23.1 Å². The summed E-state index contributed by atoms with van der Waals surface area (Å²) in [5.74, 6) is 1.38. The minimum Gasteiger partial charge on any atom is -0.461 e. The molecule has 1 aliphatic rings. The van der Waals surface area contributed by atoms with Gasteiger partial charge < -0.3 is 14.3 Å². The molecule has 1 saturated carbocycles. The van der Waals surface area contributed by atoms with Crippen LogP contribution in [0.15, 0.2) is 50.3 Å². The molecule has 1 amide bonds. The third-order valence-electron chi connectivity index (χ3n) is 5.01. The molecule has 4 aromatic rings. The molecule has 158 valence electrons. The van der Waals surface area contributed by atoms with Crippen LogP contribution in [-0.2, 0) is 0 Å². The molecule has 0 atom stereocenters. The minimum atomic E-state index is -0.479. The van der Waals surface area contributed by atoms with Crippen LogP contribution in [0.5, 0.6) is 0 Å². The van der Waals surface area contributed by atoms with E-state index >= 15 is 0 Å². The molecule has 5 rings (SSSR count). The summed E-state index contributed by atoms with van der Waals surface area (Å²) in [7, 11) is 0. The van der Waals surface area contributed by atoms with Gasteiger partial charge in [0.05, 0.1) is 17.7 Å². The van der Waals surface area contributed by atoms with Gasteiger partial charge in [-0.1, -0.05) is 19.0 Å². The summed E-state index contributed by atoms with van der Waals surface area (Å²) < 4.78 is 11.9. The zero-order valence-electron chi connectivity index (χ0n) is 17.0. The summed E-state index contributed by atoms with van der Waals surface area (Å²) in [5.41, 5.74) is 1.28.